The quantitative estimate of drug-likeness (QED) is 0.0365. The molecule has 22 nitrogen and oxygen atoms in total. The molecule has 4 aliphatic rings. The Morgan fingerprint density at radius 1 is 0.530 bits per heavy atom. The van der Waals surface area contributed by atoms with Gasteiger partial charge in [0.05, 0.1) is 44.7 Å². The van der Waals surface area contributed by atoms with Crippen molar-refractivity contribution < 1.29 is 101 Å². The molecule has 4 aliphatic heterocycles. The van der Waals surface area contributed by atoms with E-state index in [1.165, 1.54) is 72.1 Å². The van der Waals surface area contributed by atoms with Crippen LogP contribution < -0.4 is 5.32 Å². The van der Waals surface area contributed by atoms with Gasteiger partial charge in [-0.15, -0.1) is 0 Å². The average molecular weight is 978 g/mol. The van der Waals surface area contributed by atoms with Crippen LogP contribution in [0.2, 0.25) is 0 Å². The number of hydrogen-bond donors (Lipinski definition) is 11. The highest BCUT2D eigenvalue weighted by atomic mass is 32.3. The zero-order valence-electron chi connectivity index (χ0n) is 38.6. The van der Waals surface area contributed by atoms with E-state index in [0.29, 0.717) is 6.42 Å². The Morgan fingerprint density at radius 3 is 1.39 bits per heavy atom. The van der Waals surface area contributed by atoms with Crippen molar-refractivity contribution in [3.05, 3.63) is 0 Å². The lowest BCUT2D eigenvalue weighted by Crippen LogP contribution is -2.67. The number of unbranched alkanes of at least 4 members (excludes halogenated alkanes) is 12. The van der Waals surface area contributed by atoms with Crippen molar-refractivity contribution in [3.63, 3.8) is 0 Å². The van der Waals surface area contributed by atoms with E-state index in [1.54, 1.807) is 0 Å². The third-order valence-corrected chi connectivity index (χ3v) is 13.7. The summed E-state index contributed by atoms with van der Waals surface area (Å²) in [5, 5.41) is 99.6. The molecule has 66 heavy (non-hydrogen) atoms. The van der Waals surface area contributed by atoms with Gasteiger partial charge >= 0.3 is 10.4 Å². The van der Waals surface area contributed by atoms with E-state index in [0.717, 1.165) is 25.7 Å². The van der Waals surface area contributed by atoms with E-state index >= 15 is 0 Å². The molecule has 20 atom stereocenters. The number of carbonyl (C=O) groups excluding carboxylic acids is 1. The zero-order chi connectivity index (χ0) is 48.7. The molecule has 20 unspecified atom stereocenters. The molecule has 0 saturated carbocycles. The zero-order valence-corrected chi connectivity index (χ0v) is 39.5. The molecule has 4 fully saturated rings. The Hall–Kier alpha value is -1.30. The van der Waals surface area contributed by atoms with Crippen LogP contribution in [0.1, 0.15) is 118 Å². The maximum atomic E-state index is 13.1. The SMILES string of the molecule is CCCCCCCCCCCCCCCC(=O)NC1C(OC2C(CO)OC(OC3C(CO)OC(OC4C(COS(=O)(=O)O)OC(O)C(C)C4O)C(C)C3O)C(C)C2O)OC(CO)C(O)C1O. The fourth-order valence-electron chi connectivity index (χ4n) is 8.95. The standard InChI is InChI=1S/C43H79NO21S/c1-5-6-7-8-9-10-11-12-13-14-15-16-17-18-30(48)44-31-36(53)35(52)26(19-45)60-43(31)65-38-28(21-47)62-41(25(4)34(38)51)63-37-27(20-46)61-42(24(3)33(37)50)64-39-29(22-58-66(55,56)57)59-40(54)23(2)32(39)49/h23-29,31-43,45-47,49-54H,5-22H2,1-4H3,(H,44,48)(H,55,56,57). The molecule has 0 bridgehead atoms. The number of nitrogens with one attached hydrogen (secondary N) is 1. The second-order valence-corrected chi connectivity index (χ2v) is 19.5. The van der Waals surface area contributed by atoms with Gasteiger partial charge in [-0.25, -0.2) is 4.18 Å². The van der Waals surface area contributed by atoms with Crippen molar-refractivity contribution in [1.29, 1.82) is 0 Å². The second-order valence-electron chi connectivity index (χ2n) is 18.4. The number of hydrogen-bond acceptors (Lipinski definition) is 20. The molecular formula is C43H79NO21S. The first-order valence-electron chi connectivity index (χ1n) is 23.8. The first-order chi connectivity index (χ1) is 31.4. The summed E-state index contributed by atoms with van der Waals surface area (Å²) in [5.41, 5.74) is 0. The van der Waals surface area contributed by atoms with Gasteiger partial charge in [0.15, 0.2) is 25.2 Å². The molecule has 0 radical (unpaired) electrons. The first-order valence-corrected chi connectivity index (χ1v) is 25.1. The molecule has 388 valence electrons. The summed E-state index contributed by atoms with van der Waals surface area (Å²) in [6.45, 7) is 3.54. The van der Waals surface area contributed by atoms with E-state index in [1.807, 2.05) is 0 Å². The van der Waals surface area contributed by atoms with Crippen LogP contribution in [0.3, 0.4) is 0 Å². The van der Waals surface area contributed by atoms with Gasteiger partial charge in [0.2, 0.25) is 5.91 Å². The summed E-state index contributed by atoms with van der Waals surface area (Å²) in [6, 6.07) is -1.36. The highest BCUT2D eigenvalue weighted by Gasteiger charge is 2.54. The molecular weight excluding hydrogens is 899 g/mol. The molecule has 0 aromatic heterocycles. The Labute approximate surface area is 388 Å². The molecule has 11 N–H and O–H groups in total. The van der Waals surface area contributed by atoms with E-state index in [2.05, 4.69) is 16.4 Å². The van der Waals surface area contributed by atoms with Gasteiger partial charge in [0, 0.05) is 24.2 Å². The number of aliphatic hydroxyl groups is 9. The van der Waals surface area contributed by atoms with Crippen LogP contribution in [-0.2, 0) is 52.5 Å². The van der Waals surface area contributed by atoms with Crippen molar-refractivity contribution in [2.45, 2.75) is 222 Å². The van der Waals surface area contributed by atoms with Crippen LogP contribution in [-0.4, -0.2) is 196 Å². The largest absolute Gasteiger partial charge is 0.397 e. The molecule has 0 aromatic rings. The van der Waals surface area contributed by atoms with Crippen molar-refractivity contribution in [3.8, 4) is 0 Å². The number of carbonyl (C=O) groups is 1. The summed E-state index contributed by atoms with van der Waals surface area (Å²) in [5.74, 6) is -3.37. The predicted molar refractivity (Wildman–Crippen MR) is 230 cm³/mol. The topological polar surface area (TPSA) is 339 Å². The summed E-state index contributed by atoms with van der Waals surface area (Å²) < 4.78 is 77.5. The van der Waals surface area contributed by atoms with Crippen molar-refractivity contribution in [2.75, 3.05) is 26.4 Å². The Balaban J connectivity index is 1.34. The monoisotopic (exact) mass is 977 g/mol. The molecule has 0 aliphatic carbocycles. The average Bonchev–Trinajstić information content (AvgIpc) is 3.28. The third kappa shape index (κ3) is 16.1. The number of rotatable bonds is 27. The first kappa shape index (κ1) is 57.3. The second kappa shape index (κ2) is 27.9. The number of amides is 1. The van der Waals surface area contributed by atoms with E-state index in [9.17, 15) is 59.2 Å². The van der Waals surface area contributed by atoms with Gasteiger partial charge in [-0.2, -0.15) is 8.42 Å². The lowest BCUT2D eigenvalue weighted by atomic mass is 9.89. The lowest BCUT2D eigenvalue weighted by molar-refractivity contribution is -0.372. The summed E-state index contributed by atoms with van der Waals surface area (Å²) >= 11 is 0. The smallest absolute Gasteiger partial charge is 0.394 e. The highest BCUT2D eigenvalue weighted by Crippen LogP contribution is 2.38. The molecule has 4 saturated heterocycles. The highest BCUT2D eigenvalue weighted by molar-refractivity contribution is 7.80. The Kier molecular flexibility index (Phi) is 24.2. The summed E-state index contributed by atoms with van der Waals surface area (Å²) in [7, 11) is -4.95. The van der Waals surface area contributed by atoms with Gasteiger partial charge in [-0.1, -0.05) is 105 Å². The molecule has 23 heteroatoms. The molecule has 1 amide bonds. The van der Waals surface area contributed by atoms with Crippen molar-refractivity contribution >= 4 is 16.3 Å². The number of aliphatic hydroxyl groups excluding tert-OH is 9. The minimum Gasteiger partial charge on any atom is -0.394 e. The Bertz CT molecular complexity index is 1500. The van der Waals surface area contributed by atoms with Gasteiger partial charge in [0.25, 0.3) is 0 Å². The van der Waals surface area contributed by atoms with Crippen molar-refractivity contribution in [1.82, 2.24) is 5.32 Å². The summed E-state index contributed by atoms with van der Waals surface area (Å²) in [4.78, 5) is 13.1. The minimum absolute atomic E-state index is 0.127. The van der Waals surface area contributed by atoms with E-state index in [4.69, 9.17) is 37.7 Å². The maximum absolute atomic E-state index is 13.1. The Morgan fingerprint density at radius 2 is 0.939 bits per heavy atom. The van der Waals surface area contributed by atoms with E-state index < -0.39 is 165 Å². The normalized spacial score (nSPS) is 40.0. The van der Waals surface area contributed by atoms with E-state index in [-0.39, 0.29) is 6.42 Å². The predicted octanol–water partition coefficient (Wildman–Crippen LogP) is -0.491. The van der Waals surface area contributed by atoms with Crippen LogP contribution in [0.5, 0.6) is 0 Å². The van der Waals surface area contributed by atoms with Crippen LogP contribution in [0.15, 0.2) is 0 Å². The maximum Gasteiger partial charge on any atom is 0.397 e. The van der Waals surface area contributed by atoms with Gasteiger partial charge in [-0.05, 0) is 6.42 Å². The third-order valence-electron chi connectivity index (χ3n) is 13.3. The fourth-order valence-corrected chi connectivity index (χ4v) is 9.26. The molecule has 4 heterocycles. The van der Waals surface area contributed by atoms with Gasteiger partial charge < -0.3 is 84.4 Å². The number of ether oxygens (including phenoxy) is 7. The van der Waals surface area contributed by atoms with Crippen LogP contribution in [0, 0.1) is 17.8 Å². The minimum atomic E-state index is -4.95. The fraction of sp³-hybridized carbons (Fsp3) is 0.977. The molecule has 4 rings (SSSR count). The van der Waals surface area contributed by atoms with Crippen LogP contribution in [0.25, 0.3) is 0 Å². The van der Waals surface area contributed by atoms with Crippen LogP contribution >= 0.6 is 0 Å². The lowest BCUT2D eigenvalue weighted by Gasteiger charge is -2.50. The van der Waals surface area contributed by atoms with Crippen LogP contribution in [0.4, 0.5) is 0 Å². The molecule has 0 aromatic carbocycles. The molecule has 0 spiro atoms. The van der Waals surface area contributed by atoms with Gasteiger partial charge in [-0.3, -0.25) is 9.35 Å². The summed E-state index contributed by atoms with van der Waals surface area (Å²) in [6.07, 6.45) is -8.41. The van der Waals surface area contributed by atoms with Gasteiger partial charge in [0.1, 0.15) is 61.0 Å². The van der Waals surface area contributed by atoms with Crippen molar-refractivity contribution in [2.24, 2.45) is 17.8 Å².